The first-order chi connectivity index (χ1) is 25.1. The third-order valence-corrected chi connectivity index (χ3v) is 43.6. The molecule has 0 amide bonds. The second-order valence-corrected chi connectivity index (χ2v) is 37.8. The average molecular weight is 921 g/mol. The van der Waals surface area contributed by atoms with Crippen LogP contribution in [0.3, 0.4) is 0 Å². The van der Waals surface area contributed by atoms with E-state index in [0.29, 0.717) is 13.2 Å². The van der Waals surface area contributed by atoms with E-state index in [2.05, 4.69) is 88.4 Å². The quantitative estimate of drug-likeness (QED) is 0.0503. The van der Waals surface area contributed by atoms with Crippen molar-refractivity contribution in [3.63, 3.8) is 0 Å². The Balaban J connectivity index is 2.45. The number of hydrogen-bond donors (Lipinski definition) is 0. The summed E-state index contributed by atoms with van der Waals surface area (Å²) in [6.45, 7) is 10.7. The molecular weight excluding hydrogens is 838 g/mol. The second-order valence-electron chi connectivity index (χ2n) is 15.5. The van der Waals surface area contributed by atoms with Crippen LogP contribution < -0.4 is 0 Å². The van der Waals surface area contributed by atoms with Crippen molar-refractivity contribution in [3.8, 4) is 0 Å². The molecule has 0 spiro atoms. The zero-order chi connectivity index (χ0) is 36.6. The van der Waals surface area contributed by atoms with Crippen LogP contribution in [0.2, 0.25) is 17.7 Å². The predicted molar refractivity (Wildman–Crippen MR) is 228 cm³/mol. The second kappa shape index (κ2) is 32.2. The molecule has 5 heteroatoms. The van der Waals surface area contributed by atoms with Gasteiger partial charge in [0.2, 0.25) is 0 Å². The SMILES string of the molecule is CCCCCCC[CH2][Sn]([CH2]CCCCCCC)([O]Cc1ccccc1)[O][Sn]([CH2]CCCCCCC)([CH2]CCCCCCC)[O]Cc1ccccc1. The monoisotopic (exact) mass is 922 g/mol. The van der Waals surface area contributed by atoms with Gasteiger partial charge in [0.25, 0.3) is 0 Å². The Morgan fingerprint density at radius 1 is 0.333 bits per heavy atom. The molecule has 0 N–H and O–H groups in total. The normalized spacial score (nSPS) is 12.2. The van der Waals surface area contributed by atoms with Crippen molar-refractivity contribution >= 4 is 38.4 Å². The topological polar surface area (TPSA) is 27.7 Å². The Bertz CT molecular complexity index is 904. The van der Waals surface area contributed by atoms with Gasteiger partial charge in [0.05, 0.1) is 0 Å². The van der Waals surface area contributed by atoms with Crippen LogP contribution in [0.4, 0.5) is 0 Å². The van der Waals surface area contributed by atoms with Crippen molar-refractivity contribution in [2.24, 2.45) is 0 Å². The first-order valence-corrected chi connectivity index (χ1v) is 34.9. The van der Waals surface area contributed by atoms with Crippen LogP contribution in [0.15, 0.2) is 60.7 Å². The summed E-state index contributed by atoms with van der Waals surface area (Å²) in [5, 5.41) is 0. The Labute approximate surface area is 328 Å². The number of hydrogen-bond acceptors (Lipinski definition) is 3. The van der Waals surface area contributed by atoms with E-state index in [9.17, 15) is 0 Å². The van der Waals surface area contributed by atoms with E-state index in [1.54, 1.807) is 0 Å². The van der Waals surface area contributed by atoms with Gasteiger partial charge in [-0.2, -0.15) is 0 Å². The molecule has 0 unspecified atom stereocenters. The first kappa shape index (κ1) is 47.1. The average Bonchev–Trinajstić information content (AvgIpc) is 3.16. The molecule has 0 radical (unpaired) electrons. The molecule has 2 aromatic carbocycles. The van der Waals surface area contributed by atoms with Gasteiger partial charge in [0.1, 0.15) is 0 Å². The van der Waals surface area contributed by atoms with E-state index in [4.69, 9.17) is 7.56 Å². The zero-order valence-electron chi connectivity index (χ0n) is 34.2. The molecule has 0 bridgehead atoms. The number of rotatable bonds is 36. The molecule has 0 saturated carbocycles. The molecule has 0 atom stereocenters. The maximum absolute atomic E-state index is 8.16. The van der Waals surface area contributed by atoms with Crippen LogP contribution in [0.1, 0.15) is 193 Å². The fourth-order valence-corrected chi connectivity index (χ4v) is 48.4. The third kappa shape index (κ3) is 23.4. The fraction of sp³-hybridized carbons (Fsp3) is 0.739. The van der Waals surface area contributed by atoms with Crippen molar-refractivity contribution in [1.29, 1.82) is 0 Å². The summed E-state index contributed by atoms with van der Waals surface area (Å²) in [4.78, 5) is 0. The standard InChI is InChI=1S/4C8H17.2C7H7O.O.2Sn/c4*1-3-5-7-8-6-4-2;2*8-6-7-4-2-1-3-5-7;;;/h4*1,3-8H2,2H3;2*1-5H,6H2;;;/q;;;;2*-1;;2*+1. The molecule has 2 rings (SSSR count). The van der Waals surface area contributed by atoms with E-state index in [1.165, 1.54) is 183 Å². The van der Waals surface area contributed by atoms with Gasteiger partial charge in [0, 0.05) is 0 Å². The molecule has 0 aromatic heterocycles. The van der Waals surface area contributed by atoms with Gasteiger partial charge in [0.15, 0.2) is 0 Å². The summed E-state index contributed by atoms with van der Waals surface area (Å²) >= 11 is -7.23. The maximum atomic E-state index is 8.16. The van der Waals surface area contributed by atoms with Crippen LogP contribution in [-0.4, -0.2) is 38.4 Å². The van der Waals surface area contributed by atoms with E-state index in [1.807, 2.05) is 0 Å². The molecule has 0 aliphatic heterocycles. The predicted octanol–water partition coefficient (Wildman–Crippen LogP) is 15.8. The summed E-state index contributed by atoms with van der Waals surface area (Å²) in [5.41, 5.74) is 2.59. The van der Waals surface area contributed by atoms with E-state index in [-0.39, 0.29) is 0 Å². The van der Waals surface area contributed by atoms with E-state index in [0.717, 1.165) is 0 Å². The minimum atomic E-state index is -3.62. The van der Waals surface area contributed by atoms with Gasteiger partial charge in [-0.05, 0) is 0 Å². The fourth-order valence-electron chi connectivity index (χ4n) is 7.42. The van der Waals surface area contributed by atoms with Crippen LogP contribution >= 0.6 is 0 Å². The molecule has 292 valence electrons. The van der Waals surface area contributed by atoms with Gasteiger partial charge in [-0.15, -0.1) is 0 Å². The molecule has 0 heterocycles. The van der Waals surface area contributed by atoms with Crippen LogP contribution in [0, 0.1) is 0 Å². The first-order valence-electron chi connectivity index (χ1n) is 22.2. The Kier molecular flexibility index (Phi) is 29.7. The summed E-state index contributed by atoms with van der Waals surface area (Å²) in [6, 6.07) is 21.9. The molecule has 0 aliphatic carbocycles. The summed E-state index contributed by atoms with van der Waals surface area (Å²) < 4.78 is 27.9. The number of benzene rings is 2. The molecule has 2 aromatic rings. The summed E-state index contributed by atoms with van der Waals surface area (Å²) in [6.07, 6.45) is 31.8. The van der Waals surface area contributed by atoms with Crippen LogP contribution in [-0.2, 0) is 20.8 Å². The van der Waals surface area contributed by atoms with Crippen LogP contribution in [0.25, 0.3) is 0 Å². The van der Waals surface area contributed by atoms with E-state index >= 15 is 0 Å². The molecule has 0 aliphatic rings. The van der Waals surface area contributed by atoms with Crippen molar-refractivity contribution < 1.29 is 7.56 Å². The zero-order valence-corrected chi connectivity index (χ0v) is 39.9. The minimum absolute atomic E-state index is 0.706. The molecular formula is C46H82O3Sn2. The third-order valence-electron chi connectivity index (χ3n) is 10.7. The van der Waals surface area contributed by atoms with Crippen LogP contribution in [0.5, 0.6) is 0 Å². The van der Waals surface area contributed by atoms with Gasteiger partial charge in [-0.3, -0.25) is 0 Å². The van der Waals surface area contributed by atoms with Gasteiger partial charge in [-0.1, -0.05) is 0 Å². The van der Waals surface area contributed by atoms with Crippen molar-refractivity contribution in [3.05, 3.63) is 71.8 Å². The summed E-state index contributed by atoms with van der Waals surface area (Å²) in [7, 11) is 0. The Morgan fingerprint density at radius 2 is 0.588 bits per heavy atom. The van der Waals surface area contributed by atoms with Crippen molar-refractivity contribution in [2.75, 3.05) is 0 Å². The van der Waals surface area contributed by atoms with Gasteiger partial charge < -0.3 is 0 Å². The van der Waals surface area contributed by atoms with E-state index < -0.39 is 38.4 Å². The number of unbranched alkanes of at least 4 members (excludes halogenated alkanes) is 20. The van der Waals surface area contributed by atoms with Gasteiger partial charge in [-0.25, -0.2) is 0 Å². The Morgan fingerprint density at radius 3 is 0.863 bits per heavy atom. The molecule has 3 nitrogen and oxygen atoms in total. The molecule has 0 saturated heterocycles. The summed E-state index contributed by atoms with van der Waals surface area (Å²) in [5.74, 6) is 0. The van der Waals surface area contributed by atoms with Crippen molar-refractivity contribution in [1.82, 2.24) is 0 Å². The van der Waals surface area contributed by atoms with Gasteiger partial charge >= 0.3 is 331 Å². The molecule has 51 heavy (non-hydrogen) atoms. The van der Waals surface area contributed by atoms with Crippen molar-refractivity contribution in [2.45, 2.75) is 213 Å². The molecule has 0 fully saturated rings. The Hall–Kier alpha value is -0.0826.